The van der Waals surface area contributed by atoms with Crippen LogP contribution in [0.25, 0.3) is 0 Å². The van der Waals surface area contributed by atoms with Gasteiger partial charge in [0, 0.05) is 44.2 Å². The molecule has 1 fully saturated rings. The van der Waals surface area contributed by atoms with Crippen molar-refractivity contribution >= 4 is 23.4 Å². The molecule has 22 heavy (non-hydrogen) atoms. The van der Waals surface area contributed by atoms with Crippen LogP contribution in [0.4, 0.5) is 5.69 Å². The van der Waals surface area contributed by atoms with Gasteiger partial charge in [-0.15, -0.1) is 0 Å². The number of nitrogens with zero attached hydrogens (tertiary/aromatic N) is 1. The monoisotopic (exact) mass is 303 g/mol. The van der Waals surface area contributed by atoms with Crippen molar-refractivity contribution in [2.75, 3.05) is 24.5 Å². The molecule has 6 heteroatoms. The van der Waals surface area contributed by atoms with Gasteiger partial charge in [0.05, 0.1) is 0 Å². The zero-order chi connectivity index (χ0) is 15.9. The highest BCUT2D eigenvalue weighted by atomic mass is 16.2. The third-order valence-electron chi connectivity index (χ3n) is 3.53. The van der Waals surface area contributed by atoms with Crippen molar-refractivity contribution in [2.24, 2.45) is 0 Å². The molecule has 0 bridgehead atoms. The Hall–Kier alpha value is -2.37. The van der Waals surface area contributed by atoms with Crippen LogP contribution < -0.4 is 15.5 Å². The first-order chi connectivity index (χ1) is 10.6. The molecule has 0 radical (unpaired) electrons. The first-order valence-corrected chi connectivity index (χ1v) is 7.51. The summed E-state index contributed by atoms with van der Waals surface area (Å²) in [5.41, 5.74) is 1.40. The minimum absolute atomic E-state index is 0.0709. The number of rotatable bonds is 6. The summed E-state index contributed by atoms with van der Waals surface area (Å²) in [5.74, 6) is -0.0873. The molecule has 2 N–H and O–H groups in total. The Balaban J connectivity index is 1.81. The summed E-state index contributed by atoms with van der Waals surface area (Å²) >= 11 is 0. The molecular formula is C16H21N3O3. The molecule has 1 saturated heterocycles. The van der Waals surface area contributed by atoms with Gasteiger partial charge in [0.1, 0.15) is 0 Å². The number of anilines is 1. The van der Waals surface area contributed by atoms with Crippen LogP contribution in [0, 0.1) is 0 Å². The van der Waals surface area contributed by atoms with E-state index in [1.807, 2.05) is 0 Å². The molecule has 0 atom stereocenters. The average molecular weight is 303 g/mol. The quantitative estimate of drug-likeness (QED) is 0.772. The Morgan fingerprint density at radius 2 is 1.82 bits per heavy atom. The maximum absolute atomic E-state index is 12.0. The van der Waals surface area contributed by atoms with E-state index in [1.54, 1.807) is 29.2 Å². The van der Waals surface area contributed by atoms with Gasteiger partial charge < -0.3 is 15.5 Å². The van der Waals surface area contributed by atoms with Gasteiger partial charge in [-0.05, 0) is 37.1 Å². The number of carbonyl (C=O) groups is 3. The Morgan fingerprint density at radius 1 is 1.14 bits per heavy atom. The third-order valence-corrected chi connectivity index (χ3v) is 3.53. The fraction of sp³-hybridized carbons (Fsp3) is 0.438. The lowest BCUT2D eigenvalue weighted by molar-refractivity contribution is -0.119. The van der Waals surface area contributed by atoms with Crippen molar-refractivity contribution in [3.8, 4) is 0 Å². The van der Waals surface area contributed by atoms with Crippen molar-refractivity contribution in [3.05, 3.63) is 29.8 Å². The van der Waals surface area contributed by atoms with E-state index in [2.05, 4.69) is 10.6 Å². The van der Waals surface area contributed by atoms with E-state index >= 15 is 0 Å². The van der Waals surface area contributed by atoms with E-state index in [4.69, 9.17) is 0 Å². The summed E-state index contributed by atoms with van der Waals surface area (Å²) in [6.45, 7) is 3.26. The summed E-state index contributed by atoms with van der Waals surface area (Å²) in [7, 11) is 0. The van der Waals surface area contributed by atoms with Gasteiger partial charge in [0.2, 0.25) is 11.8 Å². The first kappa shape index (κ1) is 16.0. The molecule has 3 amide bonds. The van der Waals surface area contributed by atoms with Crippen LogP contribution in [-0.4, -0.2) is 37.4 Å². The van der Waals surface area contributed by atoms with Crippen LogP contribution >= 0.6 is 0 Å². The molecule has 6 nitrogen and oxygen atoms in total. The van der Waals surface area contributed by atoms with E-state index in [0.717, 1.165) is 18.7 Å². The summed E-state index contributed by atoms with van der Waals surface area (Å²) in [6.07, 6.45) is 2.16. The number of hydrogen-bond donors (Lipinski definition) is 2. The van der Waals surface area contributed by atoms with Crippen LogP contribution in [0.2, 0.25) is 0 Å². The Morgan fingerprint density at radius 3 is 2.41 bits per heavy atom. The molecule has 0 aromatic heterocycles. The Labute approximate surface area is 129 Å². The van der Waals surface area contributed by atoms with E-state index in [1.165, 1.54) is 6.92 Å². The second-order valence-electron chi connectivity index (χ2n) is 5.29. The van der Waals surface area contributed by atoms with Crippen LogP contribution in [0.5, 0.6) is 0 Å². The highest BCUT2D eigenvalue weighted by molar-refractivity contribution is 5.97. The lowest BCUT2D eigenvalue weighted by Gasteiger charge is -2.15. The van der Waals surface area contributed by atoms with E-state index in [-0.39, 0.29) is 17.7 Å². The second-order valence-corrected chi connectivity index (χ2v) is 5.29. The maximum Gasteiger partial charge on any atom is 0.251 e. The van der Waals surface area contributed by atoms with Crippen molar-refractivity contribution in [3.63, 3.8) is 0 Å². The number of hydrogen-bond acceptors (Lipinski definition) is 3. The van der Waals surface area contributed by atoms with Gasteiger partial charge >= 0.3 is 0 Å². The molecule has 1 aliphatic rings. The van der Waals surface area contributed by atoms with Crippen molar-refractivity contribution < 1.29 is 14.4 Å². The van der Waals surface area contributed by atoms with Crippen LogP contribution in [-0.2, 0) is 9.59 Å². The zero-order valence-corrected chi connectivity index (χ0v) is 12.7. The average Bonchev–Trinajstić information content (AvgIpc) is 2.92. The summed E-state index contributed by atoms with van der Waals surface area (Å²) < 4.78 is 0. The lowest BCUT2D eigenvalue weighted by Crippen LogP contribution is -2.29. The minimum atomic E-state index is -0.151. The SMILES string of the molecule is CC(=O)NCCCNC(=O)c1ccc(N2CCCC2=O)cc1. The fourth-order valence-electron chi connectivity index (χ4n) is 2.37. The number of amides is 3. The third kappa shape index (κ3) is 4.31. The van der Waals surface area contributed by atoms with E-state index < -0.39 is 0 Å². The number of benzene rings is 1. The second kappa shape index (κ2) is 7.59. The lowest BCUT2D eigenvalue weighted by atomic mass is 10.2. The highest BCUT2D eigenvalue weighted by Crippen LogP contribution is 2.21. The molecule has 0 saturated carbocycles. The van der Waals surface area contributed by atoms with Gasteiger partial charge in [-0.3, -0.25) is 14.4 Å². The smallest absolute Gasteiger partial charge is 0.251 e. The minimum Gasteiger partial charge on any atom is -0.356 e. The number of carbonyl (C=O) groups excluding carboxylic acids is 3. The van der Waals surface area contributed by atoms with Gasteiger partial charge in [0.15, 0.2) is 0 Å². The molecule has 1 heterocycles. The van der Waals surface area contributed by atoms with Crippen molar-refractivity contribution in [1.29, 1.82) is 0 Å². The predicted molar refractivity (Wildman–Crippen MR) is 83.7 cm³/mol. The van der Waals surface area contributed by atoms with Crippen LogP contribution in [0.15, 0.2) is 24.3 Å². The van der Waals surface area contributed by atoms with Crippen LogP contribution in [0.1, 0.15) is 36.5 Å². The molecule has 1 aliphatic heterocycles. The zero-order valence-electron chi connectivity index (χ0n) is 12.7. The molecule has 0 aliphatic carbocycles. The Bertz CT molecular complexity index is 554. The predicted octanol–water partition coefficient (Wildman–Crippen LogP) is 1.07. The topological polar surface area (TPSA) is 78.5 Å². The van der Waals surface area contributed by atoms with Crippen LogP contribution in [0.3, 0.4) is 0 Å². The van der Waals surface area contributed by atoms with E-state index in [9.17, 15) is 14.4 Å². The highest BCUT2D eigenvalue weighted by Gasteiger charge is 2.21. The van der Waals surface area contributed by atoms with Gasteiger partial charge in [0.25, 0.3) is 5.91 Å². The largest absolute Gasteiger partial charge is 0.356 e. The Kier molecular flexibility index (Phi) is 5.52. The molecule has 1 aromatic carbocycles. The summed E-state index contributed by atoms with van der Waals surface area (Å²) in [6, 6.07) is 7.05. The normalized spacial score (nSPS) is 14.0. The summed E-state index contributed by atoms with van der Waals surface area (Å²) in [4.78, 5) is 36.1. The maximum atomic E-state index is 12.0. The summed E-state index contributed by atoms with van der Waals surface area (Å²) in [5, 5.41) is 5.47. The molecule has 0 unspecified atom stereocenters. The molecule has 2 rings (SSSR count). The molecule has 1 aromatic rings. The molecule has 118 valence electrons. The fourth-order valence-corrected chi connectivity index (χ4v) is 2.37. The molecule has 0 spiro atoms. The standard InChI is InChI=1S/C16H21N3O3/c1-12(20)17-9-3-10-18-16(22)13-5-7-14(8-6-13)19-11-2-4-15(19)21/h5-8H,2-4,9-11H2,1H3,(H,17,20)(H,18,22). The number of nitrogens with one attached hydrogen (secondary N) is 2. The molecular weight excluding hydrogens is 282 g/mol. The first-order valence-electron chi connectivity index (χ1n) is 7.51. The van der Waals surface area contributed by atoms with Gasteiger partial charge in [-0.2, -0.15) is 0 Å². The van der Waals surface area contributed by atoms with Gasteiger partial charge in [-0.1, -0.05) is 0 Å². The van der Waals surface area contributed by atoms with Crippen molar-refractivity contribution in [1.82, 2.24) is 10.6 Å². The van der Waals surface area contributed by atoms with E-state index in [0.29, 0.717) is 31.5 Å². The van der Waals surface area contributed by atoms with Gasteiger partial charge in [-0.25, -0.2) is 0 Å². The van der Waals surface area contributed by atoms with Crippen molar-refractivity contribution in [2.45, 2.75) is 26.2 Å².